The number of fused-ring (bicyclic) bond motifs is 1. The van der Waals surface area contributed by atoms with Gasteiger partial charge in [0.1, 0.15) is 11.6 Å². The van der Waals surface area contributed by atoms with Gasteiger partial charge in [0.15, 0.2) is 16.7 Å². The smallest absolute Gasteiger partial charge is 0.245 e. The van der Waals surface area contributed by atoms with E-state index in [9.17, 15) is 19.1 Å². The van der Waals surface area contributed by atoms with Crippen LogP contribution >= 0.6 is 11.3 Å². The quantitative estimate of drug-likeness (QED) is 0.475. The lowest BCUT2D eigenvalue weighted by Crippen LogP contribution is -2.54. The van der Waals surface area contributed by atoms with Gasteiger partial charge in [-0.05, 0) is 36.8 Å². The molecule has 0 unspecified atom stereocenters. The molecule has 2 saturated heterocycles. The number of unbranched alkanes of at least 4 members (excludes halogenated alkanes) is 1. The molecule has 1 aromatic carbocycles. The van der Waals surface area contributed by atoms with Crippen LogP contribution in [0.4, 0.5) is 9.52 Å². The summed E-state index contributed by atoms with van der Waals surface area (Å²) in [6, 6.07) is 2.45. The third-order valence-corrected chi connectivity index (χ3v) is 7.76. The number of rotatable bonds is 9. The van der Waals surface area contributed by atoms with Crippen LogP contribution < -0.4 is 15.0 Å². The predicted octanol–water partition coefficient (Wildman–Crippen LogP) is 2.95. The number of carbonyl (C=O) groups is 2. The number of hydrogen-bond donors (Lipinski definition) is 2. The number of ether oxygens (including phenoxy) is 2. The maximum atomic E-state index is 14.6. The Morgan fingerprint density at radius 1 is 1.27 bits per heavy atom. The molecule has 0 spiro atoms. The number of β-amino-alcohol motifs (C(OH)–C–C–N with tert-alkyl or cyclic N) is 1. The highest BCUT2D eigenvalue weighted by Crippen LogP contribution is 2.36. The number of amides is 2. The summed E-state index contributed by atoms with van der Waals surface area (Å²) in [6.45, 7) is 9.58. The van der Waals surface area contributed by atoms with Gasteiger partial charge in [0, 0.05) is 32.6 Å². The molecule has 2 amide bonds. The Labute approximate surface area is 220 Å². The van der Waals surface area contributed by atoms with Crippen LogP contribution in [0, 0.1) is 11.2 Å². The van der Waals surface area contributed by atoms with Crippen LogP contribution in [0.1, 0.15) is 46.5 Å². The topological polar surface area (TPSA) is 104 Å². The first-order chi connectivity index (χ1) is 17.6. The molecule has 0 aliphatic carbocycles. The average molecular weight is 537 g/mol. The van der Waals surface area contributed by atoms with Crippen molar-refractivity contribution in [1.29, 1.82) is 0 Å². The van der Waals surface area contributed by atoms with Crippen molar-refractivity contribution in [3.8, 4) is 5.75 Å². The van der Waals surface area contributed by atoms with E-state index >= 15 is 0 Å². The van der Waals surface area contributed by atoms with Crippen LogP contribution in [0.2, 0.25) is 0 Å². The number of benzene rings is 1. The van der Waals surface area contributed by atoms with Gasteiger partial charge in [0.2, 0.25) is 11.8 Å². The molecule has 2 fully saturated rings. The third-order valence-electron chi connectivity index (χ3n) is 6.67. The van der Waals surface area contributed by atoms with Crippen LogP contribution in [0.5, 0.6) is 5.75 Å². The number of aliphatic hydroxyl groups is 1. The van der Waals surface area contributed by atoms with E-state index in [1.807, 2.05) is 20.8 Å². The number of nitrogens with one attached hydrogen (secondary N) is 1. The highest BCUT2D eigenvalue weighted by Gasteiger charge is 2.37. The molecule has 204 valence electrons. The normalized spacial score (nSPS) is 19.3. The Balaban J connectivity index is 1.28. The van der Waals surface area contributed by atoms with Gasteiger partial charge in [-0.25, -0.2) is 9.37 Å². The molecule has 2 aliphatic rings. The molecule has 3 heterocycles. The van der Waals surface area contributed by atoms with Crippen molar-refractivity contribution >= 4 is 38.5 Å². The highest BCUT2D eigenvalue weighted by atomic mass is 32.1. The molecule has 37 heavy (non-hydrogen) atoms. The SMILES string of the molecule is CC(C)(C)[C@H](NC(=O)CCCCOc1c(F)ccc2sc(N3CCOCC3)nc12)C(=O)N1CC[C@@H](O)C1. The first kappa shape index (κ1) is 27.5. The number of thiazole rings is 1. The van der Waals surface area contributed by atoms with Gasteiger partial charge in [0.05, 0.1) is 30.6 Å². The molecule has 2 atom stereocenters. The summed E-state index contributed by atoms with van der Waals surface area (Å²) >= 11 is 1.51. The Kier molecular flexibility index (Phi) is 8.86. The molecule has 0 bridgehead atoms. The summed E-state index contributed by atoms with van der Waals surface area (Å²) < 4.78 is 26.6. The number of hydrogen-bond acceptors (Lipinski definition) is 8. The molecule has 0 saturated carbocycles. The number of nitrogens with zero attached hydrogens (tertiary/aromatic N) is 3. The minimum absolute atomic E-state index is 0.143. The predicted molar refractivity (Wildman–Crippen MR) is 141 cm³/mol. The fourth-order valence-corrected chi connectivity index (χ4v) is 5.55. The lowest BCUT2D eigenvalue weighted by molar-refractivity contribution is -0.138. The number of carbonyl (C=O) groups excluding carboxylic acids is 2. The van der Waals surface area contributed by atoms with E-state index in [2.05, 4.69) is 15.2 Å². The number of aliphatic hydroxyl groups excluding tert-OH is 1. The molecule has 9 nitrogen and oxygen atoms in total. The number of halogens is 1. The van der Waals surface area contributed by atoms with Crippen LogP contribution in [-0.2, 0) is 14.3 Å². The fraction of sp³-hybridized carbons (Fsp3) is 0.654. The molecular formula is C26H37FN4O5S. The van der Waals surface area contributed by atoms with Crippen molar-refractivity contribution in [2.45, 2.75) is 58.6 Å². The molecule has 1 aromatic heterocycles. The molecular weight excluding hydrogens is 499 g/mol. The van der Waals surface area contributed by atoms with Gasteiger partial charge >= 0.3 is 0 Å². The van der Waals surface area contributed by atoms with E-state index in [-0.39, 0.29) is 30.6 Å². The minimum atomic E-state index is -0.668. The molecule has 11 heteroatoms. The van der Waals surface area contributed by atoms with Crippen LogP contribution in [-0.4, -0.2) is 85.0 Å². The Morgan fingerprint density at radius 2 is 2.03 bits per heavy atom. The minimum Gasteiger partial charge on any atom is -0.488 e. The van der Waals surface area contributed by atoms with Crippen LogP contribution in [0.3, 0.4) is 0 Å². The van der Waals surface area contributed by atoms with E-state index in [4.69, 9.17) is 9.47 Å². The molecule has 0 radical (unpaired) electrons. The van der Waals surface area contributed by atoms with E-state index in [0.29, 0.717) is 51.1 Å². The Morgan fingerprint density at radius 3 is 2.70 bits per heavy atom. The van der Waals surface area contributed by atoms with Gasteiger partial charge in [-0.2, -0.15) is 0 Å². The zero-order valence-electron chi connectivity index (χ0n) is 21.8. The standard InChI is InChI=1S/C26H37FN4O5S/c1-26(2,3)23(24(34)31-10-9-17(32)16-31)28-20(33)6-4-5-13-36-22-18(27)7-8-19-21(22)29-25(37-19)30-11-14-35-15-12-30/h7-8,17,23,32H,4-6,9-16H2,1-3H3,(H,28,33)/t17-,23-/m1/s1. The first-order valence-corrected chi connectivity index (χ1v) is 13.8. The summed E-state index contributed by atoms with van der Waals surface area (Å²) in [5, 5.41) is 13.5. The first-order valence-electron chi connectivity index (χ1n) is 12.9. The number of morpholine rings is 1. The number of likely N-dealkylation sites (tertiary alicyclic amines) is 1. The molecule has 4 rings (SSSR count). The summed E-state index contributed by atoms with van der Waals surface area (Å²) in [5.41, 5.74) is 0.0514. The van der Waals surface area contributed by atoms with Crippen molar-refractivity contribution in [1.82, 2.24) is 15.2 Å². The Hall–Kier alpha value is -2.50. The van der Waals surface area contributed by atoms with Crippen molar-refractivity contribution in [3.63, 3.8) is 0 Å². The van der Waals surface area contributed by atoms with E-state index in [1.54, 1.807) is 11.0 Å². The summed E-state index contributed by atoms with van der Waals surface area (Å²) in [5.74, 6) is -0.688. The van der Waals surface area contributed by atoms with Gasteiger partial charge in [-0.1, -0.05) is 32.1 Å². The van der Waals surface area contributed by atoms with Gasteiger partial charge < -0.3 is 29.7 Å². The molecule has 2 aromatic rings. The molecule has 2 N–H and O–H groups in total. The maximum absolute atomic E-state index is 14.6. The molecule has 2 aliphatic heterocycles. The second kappa shape index (κ2) is 11.9. The monoisotopic (exact) mass is 536 g/mol. The third kappa shape index (κ3) is 6.88. The van der Waals surface area contributed by atoms with Crippen molar-refractivity contribution in [2.75, 3.05) is 50.9 Å². The van der Waals surface area contributed by atoms with Gasteiger partial charge in [0.25, 0.3) is 0 Å². The summed E-state index contributed by atoms with van der Waals surface area (Å²) in [7, 11) is 0. The van der Waals surface area contributed by atoms with Crippen LogP contribution in [0.25, 0.3) is 10.2 Å². The zero-order chi connectivity index (χ0) is 26.6. The maximum Gasteiger partial charge on any atom is 0.245 e. The zero-order valence-corrected chi connectivity index (χ0v) is 22.6. The van der Waals surface area contributed by atoms with Gasteiger partial charge in [-0.3, -0.25) is 9.59 Å². The van der Waals surface area contributed by atoms with E-state index in [0.717, 1.165) is 22.9 Å². The van der Waals surface area contributed by atoms with E-state index < -0.39 is 23.4 Å². The number of anilines is 1. The largest absolute Gasteiger partial charge is 0.488 e. The van der Waals surface area contributed by atoms with Gasteiger partial charge in [-0.15, -0.1) is 0 Å². The second-order valence-corrected chi connectivity index (χ2v) is 11.7. The van der Waals surface area contributed by atoms with Crippen LogP contribution in [0.15, 0.2) is 12.1 Å². The number of aromatic nitrogens is 1. The summed E-state index contributed by atoms with van der Waals surface area (Å²) in [4.78, 5) is 34.0. The fourth-order valence-electron chi connectivity index (χ4n) is 4.53. The Bertz CT molecular complexity index is 1100. The second-order valence-electron chi connectivity index (χ2n) is 10.7. The lowest BCUT2D eigenvalue weighted by Gasteiger charge is -2.33. The lowest BCUT2D eigenvalue weighted by atomic mass is 9.85. The van der Waals surface area contributed by atoms with Crippen molar-refractivity contribution in [3.05, 3.63) is 17.9 Å². The summed E-state index contributed by atoms with van der Waals surface area (Å²) in [6.07, 6.45) is 1.37. The van der Waals surface area contributed by atoms with E-state index in [1.165, 1.54) is 17.4 Å². The average Bonchev–Trinajstić information content (AvgIpc) is 3.49. The van der Waals surface area contributed by atoms with Crippen molar-refractivity contribution in [2.24, 2.45) is 5.41 Å². The van der Waals surface area contributed by atoms with Crippen molar-refractivity contribution < 1.29 is 28.6 Å². The highest BCUT2D eigenvalue weighted by molar-refractivity contribution is 7.22.